The molecule has 0 aliphatic carbocycles. The number of carbonyl (C=O) groups is 1. The normalized spacial score (nSPS) is 11.8. The summed E-state index contributed by atoms with van der Waals surface area (Å²) in [6, 6.07) is 5.71. The van der Waals surface area contributed by atoms with Crippen LogP contribution in [0.2, 0.25) is 0 Å². The van der Waals surface area contributed by atoms with Gasteiger partial charge in [-0.05, 0) is 39.1 Å². The minimum atomic E-state index is -0.598. The van der Waals surface area contributed by atoms with E-state index in [0.717, 1.165) is 16.7 Å². The zero-order chi connectivity index (χ0) is 13.3. The van der Waals surface area contributed by atoms with E-state index < -0.39 is 5.54 Å². The molecule has 5 nitrogen and oxygen atoms in total. The molecule has 0 unspecified atom stereocenters. The second-order valence-corrected chi connectivity index (χ2v) is 4.89. The Morgan fingerprint density at radius 3 is 2.78 bits per heavy atom. The molecule has 0 aliphatic rings. The van der Waals surface area contributed by atoms with Crippen LogP contribution in [-0.2, 0) is 11.8 Å². The van der Waals surface area contributed by atoms with Crippen LogP contribution in [0.25, 0.3) is 11.0 Å². The number of aromatic nitrogens is 2. The number of rotatable bonds is 3. The summed E-state index contributed by atoms with van der Waals surface area (Å²) in [7, 11) is 3.71. The van der Waals surface area contributed by atoms with Gasteiger partial charge in [0.2, 0.25) is 5.91 Å². The maximum atomic E-state index is 12.0. The predicted molar refractivity (Wildman–Crippen MR) is 72.5 cm³/mol. The zero-order valence-electron chi connectivity index (χ0n) is 11.1. The first-order valence-corrected chi connectivity index (χ1v) is 5.85. The van der Waals surface area contributed by atoms with E-state index >= 15 is 0 Å². The lowest BCUT2D eigenvalue weighted by Crippen LogP contribution is -2.47. The number of aryl methyl sites for hydroxylation is 1. The van der Waals surface area contributed by atoms with Crippen molar-refractivity contribution in [2.75, 3.05) is 12.4 Å². The Kier molecular flexibility index (Phi) is 3.09. The number of hydrogen-bond donors (Lipinski definition) is 2. The van der Waals surface area contributed by atoms with Crippen LogP contribution in [0, 0.1) is 0 Å². The summed E-state index contributed by atoms with van der Waals surface area (Å²) in [6.45, 7) is 3.67. The molecule has 0 atom stereocenters. The number of likely N-dealkylation sites (N-methyl/N-ethyl adjacent to an activating group) is 1. The molecule has 0 bridgehead atoms. The second kappa shape index (κ2) is 4.42. The van der Waals surface area contributed by atoms with Gasteiger partial charge in [-0.1, -0.05) is 0 Å². The lowest BCUT2D eigenvalue weighted by molar-refractivity contribution is -0.121. The van der Waals surface area contributed by atoms with E-state index in [0.29, 0.717) is 0 Å². The van der Waals surface area contributed by atoms with Crippen LogP contribution in [0.5, 0.6) is 0 Å². The third-order valence-corrected chi connectivity index (χ3v) is 3.18. The minimum Gasteiger partial charge on any atom is -0.334 e. The van der Waals surface area contributed by atoms with Gasteiger partial charge >= 0.3 is 0 Å². The fraction of sp³-hybridized carbons (Fsp3) is 0.385. The van der Waals surface area contributed by atoms with Crippen molar-refractivity contribution in [3.05, 3.63) is 24.5 Å². The molecule has 2 aromatic rings. The molecule has 0 saturated heterocycles. The van der Waals surface area contributed by atoms with E-state index in [1.54, 1.807) is 13.4 Å². The number of fused-ring (bicyclic) bond motifs is 1. The van der Waals surface area contributed by atoms with Crippen LogP contribution < -0.4 is 10.6 Å². The number of anilines is 1. The molecule has 2 rings (SSSR count). The van der Waals surface area contributed by atoms with Crippen molar-refractivity contribution in [1.82, 2.24) is 14.9 Å². The zero-order valence-corrected chi connectivity index (χ0v) is 11.1. The fourth-order valence-electron chi connectivity index (χ4n) is 1.61. The van der Waals surface area contributed by atoms with Crippen LogP contribution >= 0.6 is 0 Å². The summed E-state index contributed by atoms with van der Waals surface area (Å²) in [5, 5.41) is 5.85. The molecule has 1 aromatic carbocycles. The molecular weight excluding hydrogens is 228 g/mol. The van der Waals surface area contributed by atoms with Crippen molar-refractivity contribution in [2.45, 2.75) is 19.4 Å². The monoisotopic (exact) mass is 246 g/mol. The van der Waals surface area contributed by atoms with Gasteiger partial charge in [0.25, 0.3) is 0 Å². The van der Waals surface area contributed by atoms with Crippen LogP contribution in [0.3, 0.4) is 0 Å². The van der Waals surface area contributed by atoms with E-state index in [9.17, 15) is 4.79 Å². The molecule has 0 spiro atoms. The van der Waals surface area contributed by atoms with Gasteiger partial charge in [-0.2, -0.15) is 0 Å². The molecule has 96 valence electrons. The average Bonchev–Trinajstić information content (AvgIpc) is 2.70. The first kappa shape index (κ1) is 12.6. The van der Waals surface area contributed by atoms with Gasteiger partial charge in [0.15, 0.2) is 0 Å². The number of amides is 1. The highest BCUT2D eigenvalue weighted by molar-refractivity contribution is 5.98. The Morgan fingerprint density at radius 2 is 2.11 bits per heavy atom. The molecule has 1 amide bonds. The van der Waals surface area contributed by atoms with Gasteiger partial charge < -0.3 is 15.2 Å². The number of imidazole rings is 1. The van der Waals surface area contributed by atoms with Crippen LogP contribution in [-0.4, -0.2) is 28.0 Å². The van der Waals surface area contributed by atoms with Crippen LogP contribution in [0.15, 0.2) is 24.5 Å². The highest BCUT2D eigenvalue weighted by atomic mass is 16.2. The highest BCUT2D eigenvalue weighted by Gasteiger charge is 2.25. The Morgan fingerprint density at radius 1 is 1.39 bits per heavy atom. The smallest absolute Gasteiger partial charge is 0.244 e. The van der Waals surface area contributed by atoms with Crippen molar-refractivity contribution in [1.29, 1.82) is 0 Å². The third kappa shape index (κ3) is 2.22. The molecule has 18 heavy (non-hydrogen) atoms. The Balaban J connectivity index is 2.25. The van der Waals surface area contributed by atoms with E-state index in [2.05, 4.69) is 15.6 Å². The summed E-state index contributed by atoms with van der Waals surface area (Å²) in [5.74, 6) is -0.0692. The Labute approximate surface area is 106 Å². The summed E-state index contributed by atoms with van der Waals surface area (Å²) in [5.41, 5.74) is 2.08. The van der Waals surface area contributed by atoms with E-state index in [1.807, 2.05) is 43.7 Å². The summed E-state index contributed by atoms with van der Waals surface area (Å²) in [6.07, 6.45) is 1.76. The standard InChI is InChI=1S/C13H18N4O/c1-13(2,14-3)12(18)16-9-5-6-11-10(7-9)15-8-17(11)4/h5-8,14H,1-4H3,(H,16,18). The Bertz CT molecular complexity index is 586. The second-order valence-electron chi connectivity index (χ2n) is 4.89. The van der Waals surface area contributed by atoms with E-state index in [-0.39, 0.29) is 5.91 Å². The SMILES string of the molecule is CNC(C)(C)C(=O)Nc1ccc2c(c1)ncn2C. The maximum Gasteiger partial charge on any atom is 0.244 e. The summed E-state index contributed by atoms with van der Waals surface area (Å²) >= 11 is 0. The van der Waals surface area contributed by atoms with Crippen molar-refractivity contribution in [2.24, 2.45) is 7.05 Å². The van der Waals surface area contributed by atoms with Gasteiger partial charge in [-0.3, -0.25) is 4.79 Å². The first-order valence-electron chi connectivity index (χ1n) is 5.85. The van der Waals surface area contributed by atoms with Crippen molar-refractivity contribution >= 4 is 22.6 Å². The molecule has 0 fully saturated rings. The average molecular weight is 246 g/mol. The van der Waals surface area contributed by atoms with Crippen LogP contribution in [0.1, 0.15) is 13.8 Å². The molecule has 5 heteroatoms. The maximum absolute atomic E-state index is 12.0. The first-order chi connectivity index (χ1) is 8.44. The van der Waals surface area contributed by atoms with Crippen LogP contribution in [0.4, 0.5) is 5.69 Å². The molecule has 1 aromatic heterocycles. The van der Waals surface area contributed by atoms with Gasteiger partial charge in [0.1, 0.15) is 0 Å². The predicted octanol–water partition coefficient (Wildman–Crippen LogP) is 1.51. The minimum absolute atomic E-state index is 0.0692. The molecule has 0 aliphatic heterocycles. The third-order valence-electron chi connectivity index (χ3n) is 3.18. The van der Waals surface area contributed by atoms with Crippen molar-refractivity contribution < 1.29 is 4.79 Å². The molecule has 1 heterocycles. The van der Waals surface area contributed by atoms with Gasteiger partial charge in [0.05, 0.1) is 22.9 Å². The van der Waals surface area contributed by atoms with E-state index in [4.69, 9.17) is 0 Å². The highest BCUT2D eigenvalue weighted by Crippen LogP contribution is 2.18. The van der Waals surface area contributed by atoms with E-state index in [1.165, 1.54) is 0 Å². The number of nitrogens with zero attached hydrogens (tertiary/aromatic N) is 2. The van der Waals surface area contributed by atoms with Gasteiger partial charge in [0, 0.05) is 12.7 Å². The molecule has 0 radical (unpaired) electrons. The lowest BCUT2D eigenvalue weighted by atomic mass is 10.1. The van der Waals surface area contributed by atoms with Crippen molar-refractivity contribution in [3.63, 3.8) is 0 Å². The largest absolute Gasteiger partial charge is 0.334 e. The number of nitrogens with one attached hydrogen (secondary N) is 2. The summed E-state index contributed by atoms with van der Waals surface area (Å²) < 4.78 is 1.94. The Hall–Kier alpha value is -1.88. The fourth-order valence-corrected chi connectivity index (χ4v) is 1.61. The molecule has 2 N–H and O–H groups in total. The number of benzene rings is 1. The lowest BCUT2D eigenvalue weighted by Gasteiger charge is -2.22. The van der Waals surface area contributed by atoms with Gasteiger partial charge in [-0.25, -0.2) is 4.98 Å². The molecule has 0 saturated carbocycles. The van der Waals surface area contributed by atoms with Crippen molar-refractivity contribution in [3.8, 4) is 0 Å². The summed E-state index contributed by atoms with van der Waals surface area (Å²) in [4.78, 5) is 16.3. The molecular formula is C13H18N4O. The van der Waals surface area contributed by atoms with Gasteiger partial charge in [-0.15, -0.1) is 0 Å². The number of carbonyl (C=O) groups excluding carboxylic acids is 1. The number of hydrogen-bond acceptors (Lipinski definition) is 3. The topological polar surface area (TPSA) is 59.0 Å². The quantitative estimate of drug-likeness (QED) is 0.863.